The summed E-state index contributed by atoms with van der Waals surface area (Å²) in [6.45, 7) is 0. The van der Waals surface area contributed by atoms with Gasteiger partial charge in [0.15, 0.2) is 6.10 Å². The summed E-state index contributed by atoms with van der Waals surface area (Å²) in [5.74, 6) is 0. The zero-order valence-electron chi connectivity index (χ0n) is 7.35. The van der Waals surface area contributed by atoms with Gasteiger partial charge in [0, 0.05) is 6.42 Å². The predicted octanol–water partition coefficient (Wildman–Crippen LogP) is 3.46. The molecule has 1 aromatic carbocycles. The molecule has 1 rings (SSSR count). The predicted molar refractivity (Wildman–Crippen MR) is 52.2 cm³/mol. The lowest BCUT2D eigenvalue weighted by molar-refractivity contribution is -0.203. The first-order chi connectivity index (χ1) is 6.82. The van der Waals surface area contributed by atoms with E-state index in [0.29, 0.717) is 0 Å². The van der Waals surface area contributed by atoms with Gasteiger partial charge in [-0.25, -0.2) is 0 Å². The van der Waals surface area contributed by atoms with Crippen LogP contribution in [-0.4, -0.2) is 17.4 Å². The van der Waals surface area contributed by atoms with Crippen LogP contribution in [0.1, 0.15) is 5.56 Å². The van der Waals surface area contributed by atoms with Crippen molar-refractivity contribution in [1.82, 2.24) is 0 Å². The molecule has 0 amide bonds. The van der Waals surface area contributed by atoms with Crippen molar-refractivity contribution < 1.29 is 18.3 Å². The summed E-state index contributed by atoms with van der Waals surface area (Å²) < 4.78 is 36.1. The van der Waals surface area contributed by atoms with Gasteiger partial charge in [0.1, 0.15) is 0 Å². The number of benzene rings is 1. The molecule has 0 saturated heterocycles. The van der Waals surface area contributed by atoms with Gasteiger partial charge in [-0.1, -0.05) is 35.3 Å². The largest absolute Gasteiger partial charge is 0.414 e. The van der Waals surface area contributed by atoms with E-state index < -0.39 is 18.7 Å². The lowest BCUT2D eigenvalue weighted by atomic mass is 10.1. The minimum atomic E-state index is -4.65. The second-order valence-corrected chi connectivity index (χ2v) is 3.76. The molecule has 0 aliphatic carbocycles. The second kappa shape index (κ2) is 4.60. The molecular formula is C9H7Cl2F3O. The standard InChI is InChI=1S/C9H7Cl2F3O/c10-6-3-1-2-5(8(6)11)4-7(15)9(12,13)14/h1-3,7,15H,4H2. The lowest BCUT2D eigenvalue weighted by Gasteiger charge is -2.15. The van der Waals surface area contributed by atoms with E-state index in [0.717, 1.165) is 0 Å². The fourth-order valence-corrected chi connectivity index (χ4v) is 1.43. The minimum Gasteiger partial charge on any atom is -0.383 e. The first kappa shape index (κ1) is 12.6. The molecule has 0 radical (unpaired) electrons. The Hall–Kier alpha value is -0.450. The second-order valence-electron chi connectivity index (χ2n) is 2.97. The molecule has 15 heavy (non-hydrogen) atoms. The highest BCUT2D eigenvalue weighted by atomic mass is 35.5. The highest BCUT2D eigenvalue weighted by molar-refractivity contribution is 6.42. The van der Waals surface area contributed by atoms with Crippen molar-refractivity contribution in [2.24, 2.45) is 0 Å². The highest BCUT2D eigenvalue weighted by Crippen LogP contribution is 2.29. The average Bonchev–Trinajstić information content (AvgIpc) is 2.11. The monoisotopic (exact) mass is 258 g/mol. The number of halogens is 5. The molecule has 0 aliphatic heterocycles. The molecule has 0 saturated carbocycles. The van der Waals surface area contributed by atoms with Gasteiger partial charge in [0.05, 0.1) is 10.0 Å². The van der Waals surface area contributed by atoms with Crippen LogP contribution in [0.15, 0.2) is 18.2 Å². The van der Waals surface area contributed by atoms with Crippen molar-refractivity contribution in [2.75, 3.05) is 0 Å². The van der Waals surface area contributed by atoms with Gasteiger partial charge < -0.3 is 5.11 Å². The van der Waals surface area contributed by atoms with Crippen LogP contribution in [0.5, 0.6) is 0 Å². The van der Waals surface area contributed by atoms with Crippen molar-refractivity contribution >= 4 is 23.2 Å². The van der Waals surface area contributed by atoms with Crippen LogP contribution in [0.3, 0.4) is 0 Å². The Morgan fingerprint density at radius 3 is 2.40 bits per heavy atom. The van der Waals surface area contributed by atoms with Gasteiger partial charge >= 0.3 is 6.18 Å². The molecule has 1 nitrogen and oxygen atoms in total. The molecule has 0 aliphatic rings. The molecule has 0 spiro atoms. The van der Waals surface area contributed by atoms with E-state index in [-0.39, 0.29) is 15.6 Å². The fraction of sp³-hybridized carbons (Fsp3) is 0.333. The number of rotatable bonds is 2. The van der Waals surface area contributed by atoms with E-state index in [2.05, 4.69) is 0 Å². The van der Waals surface area contributed by atoms with Crippen LogP contribution in [0.4, 0.5) is 13.2 Å². The van der Waals surface area contributed by atoms with Gasteiger partial charge in [-0.2, -0.15) is 13.2 Å². The Kier molecular flexibility index (Phi) is 3.87. The smallest absolute Gasteiger partial charge is 0.383 e. The van der Waals surface area contributed by atoms with Crippen LogP contribution in [0.2, 0.25) is 10.0 Å². The van der Waals surface area contributed by atoms with E-state index in [1.807, 2.05) is 0 Å². The van der Waals surface area contributed by atoms with Crippen LogP contribution in [-0.2, 0) is 6.42 Å². The zero-order chi connectivity index (χ0) is 11.6. The number of alkyl halides is 3. The molecule has 6 heteroatoms. The molecular weight excluding hydrogens is 252 g/mol. The number of aliphatic hydroxyl groups is 1. The Morgan fingerprint density at radius 1 is 1.27 bits per heavy atom. The number of hydrogen-bond donors (Lipinski definition) is 1. The molecule has 0 fully saturated rings. The first-order valence-electron chi connectivity index (χ1n) is 4.00. The van der Waals surface area contributed by atoms with Crippen molar-refractivity contribution in [3.63, 3.8) is 0 Å². The summed E-state index contributed by atoms with van der Waals surface area (Å²) in [6.07, 6.45) is -7.66. The van der Waals surface area contributed by atoms with Crippen molar-refractivity contribution in [2.45, 2.75) is 18.7 Å². The molecule has 0 bridgehead atoms. The summed E-state index contributed by atoms with van der Waals surface area (Å²) in [5, 5.41) is 9.04. The van der Waals surface area contributed by atoms with Crippen molar-refractivity contribution in [3.8, 4) is 0 Å². The molecule has 1 N–H and O–H groups in total. The maximum atomic E-state index is 12.0. The Labute approximate surface area is 94.4 Å². The van der Waals surface area contributed by atoms with Gasteiger partial charge in [-0.15, -0.1) is 0 Å². The van der Waals surface area contributed by atoms with E-state index in [1.165, 1.54) is 18.2 Å². The quantitative estimate of drug-likeness (QED) is 0.862. The Bertz CT molecular complexity index is 352. The fourth-order valence-electron chi connectivity index (χ4n) is 1.03. The highest BCUT2D eigenvalue weighted by Gasteiger charge is 2.38. The van der Waals surface area contributed by atoms with E-state index in [1.54, 1.807) is 0 Å². The molecule has 1 atom stereocenters. The molecule has 0 aromatic heterocycles. The van der Waals surface area contributed by atoms with E-state index in [9.17, 15) is 13.2 Å². The first-order valence-corrected chi connectivity index (χ1v) is 4.75. The lowest BCUT2D eigenvalue weighted by Crippen LogP contribution is -2.30. The minimum absolute atomic E-state index is 0.0440. The number of hydrogen-bond acceptors (Lipinski definition) is 1. The van der Waals surface area contributed by atoms with Crippen LogP contribution in [0.25, 0.3) is 0 Å². The Balaban J connectivity index is 2.86. The van der Waals surface area contributed by atoms with Crippen LogP contribution >= 0.6 is 23.2 Å². The third-order valence-electron chi connectivity index (χ3n) is 1.82. The van der Waals surface area contributed by atoms with E-state index in [4.69, 9.17) is 28.3 Å². The zero-order valence-corrected chi connectivity index (χ0v) is 8.87. The Morgan fingerprint density at radius 2 is 1.87 bits per heavy atom. The van der Waals surface area contributed by atoms with E-state index >= 15 is 0 Å². The summed E-state index contributed by atoms with van der Waals surface area (Å²) in [7, 11) is 0. The average molecular weight is 259 g/mol. The van der Waals surface area contributed by atoms with Gasteiger partial charge in [-0.3, -0.25) is 0 Å². The van der Waals surface area contributed by atoms with Gasteiger partial charge in [0.25, 0.3) is 0 Å². The van der Waals surface area contributed by atoms with Crippen LogP contribution in [0, 0.1) is 0 Å². The van der Waals surface area contributed by atoms with Gasteiger partial charge in [-0.05, 0) is 11.6 Å². The maximum absolute atomic E-state index is 12.0. The van der Waals surface area contributed by atoms with Crippen LogP contribution < -0.4 is 0 Å². The maximum Gasteiger partial charge on any atom is 0.414 e. The third kappa shape index (κ3) is 3.26. The van der Waals surface area contributed by atoms with Crippen molar-refractivity contribution in [3.05, 3.63) is 33.8 Å². The third-order valence-corrected chi connectivity index (χ3v) is 2.68. The molecule has 1 unspecified atom stereocenters. The molecule has 1 aromatic rings. The molecule has 0 heterocycles. The van der Waals surface area contributed by atoms with Crippen molar-refractivity contribution in [1.29, 1.82) is 0 Å². The normalized spacial score (nSPS) is 14.0. The summed E-state index contributed by atoms with van der Waals surface area (Å²) in [5.41, 5.74) is 0.175. The topological polar surface area (TPSA) is 20.2 Å². The molecule has 84 valence electrons. The number of aliphatic hydroxyl groups excluding tert-OH is 1. The summed E-state index contributed by atoms with van der Waals surface area (Å²) in [4.78, 5) is 0. The van der Waals surface area contributed by atoms with Gasteiger partial charge in [0.2, 0.25) is 0 Å². The summed E-state index contributed by atoms with van der Waals surface area (Å²) >= 11 is 11.3. The SMILES string of the molecule is OC(Cc1cccc(Cl)c1Cl)C(F)(F)F. The summed E-state index contributed by atoms with van der Waals surface area (Å²) in [6, 6.07) is 4.34.